The summed E-state index contributed by atoms with van der Waals surface area (Å²) in [6, 6.07) is 7.90. The first-order chi connectivity index (χ1) is 13.6. The highest BCUT2D eigenvalue weighted by molar-refractivity contribution is 6.05. The van der Waals surface area contributed by atoms with Gasteiger partial charge < -0.3 is 15.2 Å². The number of aryl methyl sites for hydroxylation is 1. The van der Waals surface area contributed by atoms with Crippen LogP contribution in [0.15, 0.2) is 24.3 Å². The minimum absolute atomic E-state index is 0.148. The van der Waals surface area contributed by atoms with Crippen molar-refractivity contribution in [3.63, 3.8) is 0 Å². The van der Waals surface area contributed by atoms with E-state index in [0.29, 0.717) is 11.5 Å². The molecule has 1 aliphatic carbocycles. The maximum absolute atomic E-state index is 12.9. The molecule has 1 saturated carbocycles. The van der Waals surface area contributed by atoms with Crippen molar-refractivity contribution >= 4 is 17.5 Å². The number of benzene rings is 1. The molecule has 0 atom stereocenters. The van der Waals surface area contributed by atoms with Crippen LogP contribution in [0.1, 0.15) is 77.3 Å². The fraction of sp³-hybridized carbons (Fsp3) is 0.500. The van der Waals surface area contributed by atoms with Gasteiger partial charge in [-0.2, -0.15) is 0 Å². The SMILES string of the molecule is Cc1ccccc1NC(=O)c1nc(C(=O)NC2CCCCC2)n2c1CCCC2. The zero-order chi connectivity index (χ0) is 19.5. The van der Waals surface area contributed by atoms with Gasteiger partial charge >= 0.3 is 0 Å². The van der Waals surface area contributed by atoms with Gasteiger partial charge in [0.1, 0.15) is 0 Å². The van der Waals surface area contributed by atoms with Crippen molar-refractivity contribution in [3.05, 3.63) is 47.0 Å². The Morgan fingerprint density at radius 2 is 1.82 bits per heavy atom. The number of para-hydroxylation sites is 1. The molecule has 28 heavy (non-hydrogen) atoms. The molecule has 2 aliphatic rings. The molecule has 2 aromatic rings. The molecule has 2 N–H and O–H groups in total. The van der Waals surface area contributed by atoms with E-state index in [1.807, 2.05) is 35.8 Å². The molecular formula is C22H28N4O2. The van der Waals surface area contributed by atoms with Crippen molar-refractivity contribution in [2.75, 3.05) is 5.32 Å². The number of aromatic nitrogens is 2. The van der Waals surface area contributed by atoms with Crippen molar-refractivity contribution in [3.8, 4) is 0 Å². The highest BCUT2D eigenvalue weighted by Crippen LogP contribution is 2.24. The number of nitrogens with one attached hydrogen (secondary N) is 2. The quantitative estimate of drug-likeness (QED) is 0.846. The first-order valence-corrected chi connectivity index (χ1v) is 10.4. The van der Waals surface area contributed by atoms with Crippen LogP contribution in [0.3, 0.4) is 0 Å². The van der Waals surface area contributed by atoms with Gasteiger partial charge in [0.2, 0.25) is 0 Å². The Kier molecular flexibility index (Phi) is 5.46. The molecule has 0 unspecified atom stereocenters. The Morgan fingerprint density at radius 3 is 2.61 bits per heavy atom. The molecule has 6 heteroatoms. The van der Waals surface area contributed by atoms with E-state index < -0.39 is 0 Å². The average Bonchev–Trinajstić information content (AvgIpc) is 3.10. The van der Waals surface area contributed by atoms with Crippen LogP contribution in [0, 0.1) is 6.92 Å². The number of carbonyl (C=O) groups is 2. The van der Waals surface area contributed by atoms with Gasteiger partial charge in [0.15, 0.2) is 11.5 Å². The molecule has 0 saturated heterocycles. The van der Waals surface area contributed by atoms with Crippen LogP contribution in [-0.4, -0.2) is 27.4 Å². The molecule has 2 amide bonds. The third kappa shape index (κ3) is 3.81. The van der Waals surface area contributed by atoms with Crippen LogP contribution < -0.4 is 10.6 Å². The maximum atomic E-state index is 12.9. The van der Waals surface area contributed by atoms with E-state index in [9.17, 15) is 9.59 Å². The number of imidazole rings is 1. The molecule has 148 valence electrons. The third-order valence-electron chi connectivity index (χ3n) is 5.87. The van der Waals surface area contributed by atoms with E-state index in [2.05, 4.69) is 15.6 Å². The Balaban J connectivity index is 1.58. The summed E-state index contributed by atoms with van der Waals surface area (Å²) in [7, 11) is 0. The number of nitrogens with zero attached hydrogens (tertiary/aromatic N) is 2. The van der Waals surface area contributed by atoms with Crippen molar-refractivity contribution in [1.29, 1.82) is 0 Å². The minimum atomic E-state index is -0.239. The van der Waals surface area contributed by atoms with Crippen LogP contribution >= 0.6 is 0 Å². The second-order valence-corrected chi connectivity index (χ2v) is 7.92. The fourth-order valence-electron chi connectivity index (χ4n) is 4.29. The lowest BCUT2D eigenvalue weighted by Gasteiger charge is -2.23. The summed E-state index contributed by atoms with van der Waals surface area (Å²) in [5.41, 5.74) is 3.04. The summed E-state index contributed by atoms with van der Waals surface area (Å²) >= 11 is 0. The predicted octanol–water partition coefficient (Wildman–Crippen LogP) is 3.84. The molecular weight excluding hydrogens is 352 g/mol. The number of rotatable bonds is 4. The molecule has 1 fully saturated rings. The summed E-state index contributed by atoms with van der Waals surface area (Å²) in [4.78, 5) is 30.4. The van der Waals surface area contributed by atoms with E-state index in [0.717, 1.165) is 68.4 Å². The second-order valence-electron chi connectivity index (χ2n) is 7.92. The molecule has 4 rings (SSSR count). The van der Waals surface area contributed by atoms with Gasteiger partial charge in [-0.1, -0.05) is 37.5 Å². The molecule has 2 heterocycles. The number of hydrogen-bond donors (Lipinski definition) is 2. The van der Waals surface area contributed by atoms with Crippen LogP contribution in [0.2, 0.25) is 0 Å². The zero-order valence-corrected chi connectivity index (χ0v) is 16.5. The summed E-state index contributed by atoms with van der Waals surface area (Å²) in [5.74, 6) is -0.00290. The van der Waals surface area contributed by atoms with Crippen LogP contribution in [0.25, 0.3) is 0 Å². The topological polar surface area (TPSA) is 76.0 Å². The van der Waals surface area contributed by atoms with Gasteiger partial charge in [0, 0.05) is 18.3 Å². The normalized spacial score (nSPS) is 17.0. The first-order valence-electron chi connectivity index (χ1n) is 10.4. The monoisotopic (exact) mass is 380 g/mol. The highest BCUT2D eigenvalue weighted by Gasteiger charge is 2.28. The number of fused-ring (bicyclic) bond motifs is 1. The zero-order valence-electron chi connectivity index (χ0n) is 16.5. The molecule has 1 aromatic carbocycles. The van der Waals surface area contributed by atoms with Crippen LogP contribution in [-0.2, 0) is 13.0 Å². The molecule has 6 nitrogen and oxygen atoms in total. The molecule has 0 radical (unpaired) electrons. The number of hydrogen-bond acceptors (Lipinski definition) is 3. The molecule has 1 aromatic heterocycles. The van der Waals surface area contributed by atoms with Gasteiger partial charge in [-0.3, -0.25) is 9.59 Å². The maximum Gasteiger partial charge on any atom is 0.287 e. The van der Waals surface area contributed by atoms with Gasteiger partial charge in [-0.25, -0.2) is 4.98 Å². The Bertz CT molecular complexity index is 881. The smallest absolute Gasteiger partial charge is 0.287 e. The van der Waals surface area contributed by atoms with Gasteiger partial charge in [-0.05, 0) is 50.7 Å². The van der Waals surface area contributed by atoms with E-state index >= 15 is 0 Å². The van der Waals surface area contributed by atoms with Crippen LogP contribution in [0.4, 0.5) is 5.69 Å². The lowest BCUT2D eigenvalue weighted by Crippen LogP contribution is -2.37. The average molecular weight is 380 g/mol. The summed E-state index contributed by atoms with van der Waals surface area (Å²) in [6.07, 6.45) is 8.42. The van der Waals surface area contributed by atoms with Crippen molar-refractivity contribution in [2.24, 2.45) is 0 Å². The Morgan fingerprint density at radius 1 is 1.04 bits per heavy atom. The summed E-state index contributed by atoms with van der Waals surface area (Å²) < 4.78 is 1.95. The van der Waals surface area contributed by atoms with Gasteiger partial charge in [0.25, 0.3) is 11.8 Å². The largest absolute Gasteiger partial charge is 0.347 e. The van der Waals surface area contributed by atoms with Gasteiger partial charge in [-0.15, -0.1) is 0 Å². The molecule has 0 bridgehead atoms. The number of amides is 2. The highest BCUT2D eigenvalue weighted by atomic mass is 16.2. The van der Waals surface area contributed by atoms with E-state index in [1.165, 1.54) is 6.42 Å². The van der Waals surface area contributed by atoms with E-state index in [-0.39, 0.29) is 17.9 Å². The second kappa shape index (κ2) is 8.17. The van der Waals surface area contributed by atoms with E-state index in [4.69, 9.17) is 0 Å². The lowest BCUT2D eigenvalue weighted by atomic mass is 9.95. The number of carbonyl (C=O) groups excluding carboxylic acids is 2. The van der Waals surface area contributed by atoms with Crippen molar-refractivity contribution in [2.45, 2.75) is 70.9 Å². The molecule has 1 aliphatic heterocycles. The van der Waals surface area contributed by atoms with Gasteiger partial charge in [0.05, 0.1) is 5.69 Å². The first kappa shape index (κ1) is 18.7. The fourth-order valence-corrected chi connectivity index (χ4v) is 4.29. The third-order valence-corrected chi connectivity index (χ3v) is 5.87. The van der Waals surface area contributed by atoms with E-state index in [1.54, 1.807) is 0 Å². The predicted molar refractivity (Wildman–Crippen MR) is 109 cm³/mol. The summed E-state index contributed by atoms with van der Waals surface area (Å²) in [6.45, 7) is 2.70. The Labute approximate surface area is 165 Å². The minimum Gasteiger partial charge on any atom is -0.347 e. The van der Waals surface area contributed by atoms with Crippen molar-refractivity contribution < 1.29 is 9.59 Å². The standard InChI is InChI=1S/C22H28N4O2/c1-15-9-5-6-12-17(15)24-21(27)19-18-13-7-8-14-26(18)20(25-19)22(28)23-16-10-3-2-4-11-16/h5-6,9,12,16H,2-4,7-8,10-11,13-14H2,1H3,(H,23,28)(H,24,27). The number of anilines is 1. The van der Waals surface area contributed by atoms with Crippen molar-refractivity contribution in [1.82, 2.24) is 14.9 Å². The van der Waals surface area contributed by atoms with Crippen LogP contribution in [0.5, 0.6) is 0 Å². The Hall–Kier alpha value is -2.63. The lowest BCUT2D eigenvalue weighted by molar-refractivity contribution is 0.0911. The molecule has 0 spiro atoms. The summed E-state index contributed by atoms with van der Waals surface area (Å²) in [5, 5.41) is 6.11.